The number of unbranched alkanes of at least 4 members (excludes halogenated alkanes) is 1. The number of phenols is 1. The molecule has 44 heavy (non-hydrogen) atoms. The number of carbonyl (C=O) groups excluding carboxylic acids is 3. The number of carbonyl (C=O) groups is 3. The van der Waals surface area contributed by atoms with E-state index in [1.165, 1.54) is 24.4 Å². The fourth-order valence-electron chi connectivity index (χ4n) is 4.12. The van der Waals surface area contributed by atoms with Crippen LogP contribution in [0.15, 0.2) is 59.5 Å². The van der Waals surface area contributed by atoms with Gasteiger partial charge in [-0.25, -0.2) is 9.59 Å². The molecule has 0 aliphatic carbocycles. The van der Waals surface area contributed by atoms with Gasteiger partial charge in [0.25, 0.3) is 5.91 Å². The lowest BCUT2D eigenvalue weighted by Gasteiger charge is -2.24. The van der Waals surface area contributed by atoms with E-state index in [9.17, 15) is 24.3 Å². The number of benzene rings is 2. The van der Waals surface area contributed by atoms with Crippen LogP contribution in [0.3, 0.4) is 0 Å². The van der Waals surface area contributed by atoms with E-state index in [1.54, 1.807) is 20.8 Å². The third-order valence-corrected chi connectivity index (χ3v) is 6.96. The lowest BCUT2D eigenvalue weighted by Crippen LogP contribution is -2.36. The number of aromatic hydroxyl groups is 1. The maximum Gasteiger partial charge on any atom is 0.407 e. The summed E-state index contributed by atoms with van der Waals surface area (Å²) in [6.07, 6.45) is 2.39. The maximum atomic E-state index is 13.0. The zero-order chi connectivity index (χ0) is 31.7. The molecule has 1 atom stereocenters. The average molecular weight is 623 g/mol. The van der Waals surface area contributed by atoms with E-state index in [1.807, 2.05) is 30.3 Å². The van der Waals surface area contributed by atoms with Crippen molar-refractivity contribution in [2.24, 2.45) is 0 Å². The molecule has 14 heteroatoms. The summed E-state index contributed by atoms with van der Waals surface area (Å²) < 4.78 is 10.8. The molecule has 0 bridgehead atoms. The molecule has 2 heterocycles. The van der Waals surface area contributed by atoms with Crippen molar-refractivity contribution in [2.45, 2.75) is 58.3 Å². The van der Waals surface area contributed by atoms with E-state index >= 15 is 0 Å². The van der Waals surface area contributed by atoms with Gasteiger partial charge in [-0.3, -0.25) is 14.9 Å². The van der Waals surface area contributed by atoms with Gasteiger partial charge in [0.05, 0.1) is 11.1 Å². The normalized spacial score (nSPS) is 11.9. The Morgan fingerprint density at radius 3 is 2.52 bits per heavy atom. The lowest BCUT2D eigenvalue weighted by molar-refractivity contribution is -0.156. The summed E-state index contributed by atoms with van der Waals surface area (Å²) in [5.41, 5.74) is -0.0405. The Labute approximate surface area is 257 Å². The summed E-state index contributed by atoms with van der Waals surface area (Å²) in [6, 6.07) is 12.7. The Morgan fingerprint density at radius 1 is 1.02 bits per heavy atom. The molecule has 232 valence electrons. The quantitative estimate of drug-likeness (QED) is 0.111. The minimum atomic E-state index is -0.767. The molecule has 0 spiro atoms. The number of rotatable bonds is 12. The van der Waals surface area contributed by atoms with Crippen molar-refractivity contribution in [1.82, 2.24) is 20.5 Å². The number of anilines is 2. The second kappa shape index (κ2) is 14.5. The summed E-state index contributed by atoms with van der Waals surface area (Å²) in [5, 5.41) is 27.5. The number of hydrogen-bond acceptors (Lipinski definition) is 11. The zero-order valence-corrected chi connectivity index (χ0v) is 25.3. The average Bonchev–Trinajstić information content (AvgIpc) is 3.42. The number of aromatic nitrogens is 3. The molecule has 0 radical (unpaired) electrons. The first kappa shape index (κ1) is 31.9. The summed E-state index contributed by atoms with van der Waals surface area (Å²) in [7, 11) is 0. The number of esters is 1. The maximum absolute atomic E-state index is 13.0. The van der Waals surface area contributed by atoms with Gasteiger partial charge in [-0.2, -0.15) is 0 Å². The van der Waals surface area contributed by atoms with Crippen LogP contribution in [0.2, 0.25) is 0 Å². The minimum Gasteiger partial charge on any atom is -0.505 e. The van der Waals surface area contributed by atoms with E-state index in [0.717, 1.165) is 16.9 Å². The number of nitrogens with one attached hydrogen (secondary N) is 4. The fourth-order valence-corrected chi connectivity index (χ4v) is 4.81. The number of aromatic amines is 1. The van der Waals surface area contributed by atoms with Gasteiger partial charge in [0.2, 0.25) is 10.3 Å². The molecule has 5 N–H and O–H groups in total. The Hall–Kier alpha value is -4.98. The van der Waals surface area contributed by atoms with Crippen molar-refractivity contribution in [3.05, 3.63) is 76.1 Å². The van der Waals surface area contributed by atoms with Crippen LogP contribution in [0.5, 0.6) is 5.75 Å². The van der Waals surface area contributed by atoms with Crippen LogP contribution in [0.1, 0.15) is 56.0 Å². The molecule has 0 aliphatic heterocycles. The van der Waals surface area contributed by atoms with Crippen LogP contribution in [-0.2, 0) is 20.9 Å². The number of fused-ring (bicyclic) bond motifs is 1. The highest BCUT2D eigenvalue weighted by molar-refractivity contribution is 7.19. The number of phenolic OH excluding ortho intramolecular Hbond substituents is 1. The molecule has 4 aromatic rings. The number of hydrogen-bond donors (Lipinski definition) is 5. The van der Waals surface area contributed by atoms with E-state index in [2.05, 4.69) is 31.1 Å². The van der Waals surface area contributed by atoms with Crippen LogP contribution in [-0.4, -0.2) is 56.4 Å². The van der Waals surface area contributed by atoms with Crippen LogP contribution in [0, 0.1) is 0 Å². The van der Waals surface area contributed by atoms with Crippen LogP contribution in [0.25, 0.3) is 10.9 Å². The molecule has 0 saturated carbocycles. The Morgan fingerprint density at radius 2 is 1.77 bits per heavy atom. The predicted molar refractivity (Wildman–Crippen MR) is 166 cm³/mol. The SMILES string of the molecule is CC(C)(C)OC(=O)[C@H](CCCCNC(=O)OCc1ccccc1)Nc1nnc(NC(=O)c2ccc3c(=O)cc[nH]c3c2O)s1. The Bertz CT molecular complexity index is 1670. The Balaban J connectivity index is 1.31. The molecule has 2 aromatic carbocycles. The van der Waals surface area contributed by atoms with Crippen molar-refractivity contribution in [1.29, 1.82) is 0 Å². The number of amides is 2. The molecule has 0 fully saturated rings. The van der Waals surface area contributed by atoms with Gasteiger partial charge in [0.1, 0.15) is 18.2 Å². The largest absolute Gasteiger partial charge is 0.505 e. The smallest absolute Gasteiger partial charge is 0.407 e. The molecule has 2 amide bonds. The monoisotopic (exact) mass is 622 g/mol. The minimum absolute atomic E-state index is 0.0618. The third kappa shape index (κ3) is 9.01. The van der Waals surface area contributed by atoms with E-state index in [4.69, 9.17) is 9.47 Å². The molecule has 13 nitrogen and oxygen atoms in total. The van der Waals surface area contributed by atoms with Crippen molar-refractivity contribution >= 4 is 50.5 Å². The van der Waals surface area contributed by atoms with Crippen LogP contribution >= 0.6 is 11.3 Å². The first-order valence-electron chi connectivity index (χ1n) is 13.9. The van der Waals surface area contributed by atoms with Crippen molar-refractivity contribution < 1.29 is 29.0 Å². The van der Waals surface area contributed by atoms with E-state index in [0.29, 0.717) is 25.8 Å². The highest BCUT2D eigenvalue weighted by atomic mass is 32.1. The second-order valence-electron chi connectivity index (χ2n) is 10.8. The van der Waals surface area contributed by atoms with Crippen molar-refractivity contribution in [3.8, 4) is 5.75 Å². The summed E-state index contributed by atoms with van der Waals surface area (Å²) in [6.45, 7) is 5.83. The fraction of sp³-hybridized carbons (Fsp3) is 0.333. The number of ether oxygens (including phenoxy) is 2. The predicted octanol–water partition coefficient (Wildman–Crippen LogP) is 4.56. The number of alkyl carbamates (subject to hydrolysis) is 1. The van der Waals surface area contributed by atoms with Crippen LogP contribution in [0.4, 0.5) is 15.1 Å². The summed E-state index contributed by atoms with van der Waals surface area (Å²) in [4.78, 5) is 52.6. The number of nitrogens with zero attached hydrogens (tertiary/aromatic N) is 2. The van der Waals surface area contributed by atoms with E-state index in [-0.39, 0.29) is 44.5 Å². The standard InChI is InChI=1S/C30H34N6O7S/c1-30(2,3)43-26(40)21(11-7-8-15-32-29(41)42-17-18-9-5-4-6-10-18)33-27-35-36-28(44-27)34-25(39)20-13-12-19-22(37)14-16-31-23(19)24(20)38/h4-6,9-10,12-14,16,21,38H,7-8,11,15,17H2,1-3H3,(H,31,37)(H,32,41)(H,33,35)(H,34,36,39)/t21-/m0/s1. The van der Waals surface area contributed by atoms with E-state index < -0.39 is 29.6 Å². The highest BCUT2D eigenvalue weighted by Gasteiger charge is 2.26. The highest BCUT2D eigenvalue weighted by Crippen LogP contribution is 2.28. The molecular formula is C30H34N6O7S. The first-order chi connectivity index (χ1) is 21.0. The number of H-pyrrole nitrogens is 1. The van der Waals surface area contributed by atoms with Gasteiger partial charge >= 0.3 is 12.1 Å². The first-order valence-corrected chi connectivity index (χ1v) is 14.7. The summed E-state index contributed by atoms with van der Waals surface area (Å²) in [5.74, 6) is -1.51. The molecule has 2 aromatic heterocycles. The molecule has 0 saturated heterocycles. The topological polar surface area (TPSA) is 185 Å². The molecular weight excluding hydrogens is 588 g/mol. The van der Waals surface area contributed by atoms with Gasteiger partial charge < -0.3 is 30.2 Å². The number of pyridine rings is 1. The van der Waals surface area contributed by atoms with Crippen LogP contribution < -0.4 is 21.4 Å². The zero-order valence-electron chi connectivity index (χ0n) is 24.5. The molecule has 0 aliphatic rings. The lowest BCUT2D eigenvalue weighted by atomic mass is 10.1. The van der Waals surface area contributed by atoms with Gasteiger partial charge in [-0.05, 0) is 57.7 Å². The summed E-state index contributed by atoms with van der Waals surface area (Å²) >= 11 is 0.997. The van der Waals surface area contributed by atoms with Crippen molar-refractivity contribution in [2.75, 3.05) is 17.2 Å². The van der Waals surface area contributed by atoms with Gasteiger partial charge in [0.15, 0.2) is 11.2 Å². The molecule has 0 unspecified atom stereocenters. The van der Waals surface area contributed by atoms with Crippen molar-refractivity contribution in [3.63, 3.8) is 0 Å². The third-order valence-electron chi connectivity index (χ3n) is 6.19. The van der Waals surface area contributed by atoms with Gasteiger partial charge in [-0.15, -0.1) is 10.2 Å². The van der Waals surface area contributed by atoms with Gasteiger partial charge in [0, 0.05) is 24.2 Å². The van der Waals surface area contributed by atoms with Gasteiger partial charge in [-0.1, -0.05) is 41.7 Å². The second-order valence-corrected chi connectivity index (χ2v) is 11.8. The Kier molecular flexibility index (Phi) is 10.5. The molecule has 4 rings (SSSR count).